The maximum Gasteiger partial charge on any atom is 0.269 e. The highest BCUT2D eigenvalue weighted by Crippen LogP contribution is 2.39. The van der Waals surface area contributed by atoms with Gasteiger partial charge < -0.3 is 5.32 Å². The average molecular weight is 398 g/mol. The number of rotatable bonds is 5. The van der Waals surface area contributed by atoms with E-state index >= 15 is 0 Å². The maximum atomic E-state index is 12.8. The Kier molecular flexibility index (Phi) is 4.50. The van der Waals surface area contributed by atoms with Gasteiger partial charge in [0.15, 0.2) is 0 Å². The van der Waals surface area contributed by atoms with Gasteiger partial charge in [-0.05, 0) is 49.9 Å². The summed E-state index contributed by atoms with van der Waals surface area (Å²) in [5.74, 6) is -0.849. The Hall–Kier alpha value is -2.67. The highest BCUT2D eigenvalue weighted by Gasteiger charge is 2.48. The molecule has 2 amide bonds. The molecule has 6 nitrogen and oxygen atoms in total. The summed E-state index contributed by atoms with van der Waals surface area (Å²) in [5.41, 5.74) is 2.51. The number of hydrogen-bond acceptors (Lipinski definition) is 4. The van der Waals surface area contributed by atoms with Crippen molar-refractivity contribution < 1.29 is 18.0 Å². The van der Waals surface area contributed by atoms with Crippen LogP contribution in [0.3, 0.4) is 0 Å². The molecule has 0 radical (unpaired) electrons. The number of aryl methyl sites for hydroxylation is 1. The molecular formula is C21H22N2O4S. The molecule has 1 heterocycles. The average Bonchev–Trinajstić information content (AvgIpc) is 3.48. The van der Waals surface area contributed by atoms with E-state index < -0.39 is 15.9 Å². The molecule has 1 saturated carbocycles. The molecule has 1 atom stereocenters. The zero-order chi connectivity index (χ0) is 20.1. The summed E-state index contributed by atoms with van der Waals surface area (Å²) >= 11 is 0. The van der Waals surface area contributed by atoms with E-state index in [1.165, 1.54) is 18.2 Å². The van der Waals surface area contributed by atoms with Gasteiger partial charge in [0.25, 0.3) is 21.8 Å². The van der Waals surface area contributed by atoms with Crippen molar-refractivity contribution in [3.8, 4) is 0 Å². The van der Waals surface area contributed by atoms with Gasteiger partial charge in [-0.1, -0.05) is 36.8 Å². The van der Waals surface area contributed by atoms with Crippen LogP contribution < -0.4 is 5.32 Å². The Morgan fingerprint density at radius 1 is 1.18 bits per heavy atom. The normalized spacial score (nSPS) is 18.6. The van der Waals surface area contributed by atoms with Gasteiger partial charge in [-0.15, -0.1) is 0 Å². The Morgan fingerprint density at radius 3 is 2.46 bits per heavy atom. The largest absolute Gasteiger partial charge is 0.345 e. The fourth-order valence-electron chi connectivity index (χ4n) is 3.52. The molecule has 1 aliphatic heterocycles. The lowest BCUT2D eigenvalue weighted by molar-refractivity contribution is 0.0863. The number of amides is 2. The van der Waals surface area contributed by atoms with Gasteiger partial charge in [0.1, 0.15) is 4.90 Å². The topological polar surface area (TPSA) is 83.6 Å². The van der Waals surface area contributed by atoms with Crippen molar-refractivity contribution in [1.82, 2.24) is 9.62 Å². The van der Waals surface area contributed by atoms with Crippen molar-refractivity contribution >= 4 is 21.8 Å². The summed E-state index contributed by atoms with van der Waals surface area (Å²) < 4.78 is 26.5. The van der Waals surface area contributed by atoms with Crippen LogP contribution >= 0.6 is 0 Å². The number of nitrogens with one attached hydrogen (secondary N) is 1. The van der Waals surface area contributed by atoms with E-state index in [4.69, 9.17) is 0 Å². The molecule has 0 bridgehead atoms. The number of hydrogen-bond donors (Lipinski definition) is 1. The molecule has 146 valence electrons. The zero-order valence-corrected chi connectivity index (χ0v) is 16.6. The minimum atomic E-state index is -3.88. The van der Waals surface area contributed by atoms with Gasteiger partial charge in [0, 0.05) is 11.6 Å². The Balaban J connectivity index is 1.61. The summed E-state index contributed by atoms with van der Waals surface area (Å²) in [6.07, 6.45) is 2.09. The number of benzene rings is 2. The smallest absolute Gasteiger partial charge is 0.269 e. The highest BCUT2D eigenvalue weighted by atomic mass is 32.2. The van der Waals surface area contributed by atoms with Crippen LogP contribution in [0.15, 0.2) is 47.4 Å². The summed E-state index contributed by atoms with van der Waals surface area (Å²) in [7, 11) is -3.88. The Morgan fingerprint density at radius 2 is 1.86 bits per heavy atom. The van der Waals surface area contributed by atoms with Crippen LogP contribution in [0.1, 0.15) is 64.1 Å². The summed E-state index contributed by atoms with van der Waals surface area (Å²) in [6.45, 7) is 3.98. The molecule has 1 aliphatic carbocycles. The van der Waals surface area contributed by atoms with Crippen LogP contribution in [0, 0.1) is 6.92 Å². The number of carbonyl (C=O) groups is 2. The van der Waals surface area contributed by atoms with E-state index in [0.29, 0.717) is 19.3 Å². The standard InChI is InChI=1S/C21H22N2O4S/c1-3-18(14-6-4-13(2)5-7-14)22-20(24)15-8-11-17-19(12-15)28(26,27)23(21(17)25)16-9-10-16/h4-8,11-12,16,18H,3,9-10H2,1-2H3,(H,22,24). The molecule has 7 heteroatoms. The molecule has 0 aromatic heterocycles. The number of nitrogens with zero attached hydrogens (tertiary/aromatic N) is 1. The van der Waals surface area contributed by atoms with E-state index in [-0.39, 0.29) is 34.0 Å². The molecule has 1 unspecified atom stereocenters. The van der Waals surface area contributed by atoms with Gasteiger partial charge in [0.05, 0.1) is 11.6 Å². The second-order valence-electron chi connectivity index (χ2n) is 7.39. The monoisotopic (exact) mass is 398 g/mol. The molecule has 1 fully saturated rings. The lowest BCUT2D eigenvalue weighted by atomic mass is 10.0. The van der Waals surface area contributed by atoms with Crippen LogP contribution in [0.2, 0.25) is 0 Å². The first-order valence-electron chi connectivity index (χ1n) is 9.43. The quantitative estimate of drug-likeness (QED) is 0.838. The van der Waals surface area contributed by atoms with Crippen molar-refractivity contribution in [3.05, 3.63) is 64.7 Å². The minimum Gasteiger partial charge on any atom is -0.345 e. The summed E-state index contributed by atoms with van der Waals surface area (Å²) in [5, 5.41) is 2.96. The second kappa shape index (κ2) is 6.74. The predicted molar refractivity (Wildman–Crippen MR) is 104 cm³/mol. The van der Waals surface area contributed by atoms with Gasteiger partial charge in [-0.25, -0.2) is 12.7 Å². The molecule has 0 saturated heterocycles. The third-order valence-electron chi connectivity index (χ3n) is 5.28. The van der Waals surface area contributed by atoms with Crippen molar-refractivity contribution in [1.29, 1.82) is 0 Å². The third-order valence-corrected chi connectivity index (χ3v) is 7.16. The molecule has 2 aromatic carbocycles. The molecule has 1 N–H and O–H groups in total. The van der Waals surface area contributed by atoms with Crippen molar-refractivity contribution in [2.75, 3.05) is 0 Å². The number of carbonyl (C=O) groups excluding carboxylic acids is 2. The summed E-state index contributed by atoms with van der Waals surface area (Å²) in [6, 6.07) is 11.8. The van der Waals surface area contributed by atoms with Crippen LogP contribution in [-0.4, -0.2) is 30.6 Å². The fourth-order valence-corrected chi connectivity index (χ4v) is 5.36. The second-order valence-corrected chi connectivity index (χ2v) is 9.18. The van der Waals surface area contributed by atoms with Gasteiger partial charge in [0.2, 0.25) is 0 Å². The Bertz CT molecular complexity index is 1060. The number of fused-ring (bicyclic) bond motifs is 1. The third kappa shape index (κ3) is 3.09. The first-order chi connectivity index (χ1) is 13.3. The van der Waals surface area contributed by atoms with E-state index in [1.54, 1.807) is 0 Å². The molecular weight excluding hydrogens is 376 g/mol. The first kappa shape index (κ1) is 18.7. The van der Waals surface area contributed by atoms with Crippen molar-refractivity contribution in [2.45, 2.75) is 50.1 Å². The highest BCUT2D eigenvalue weighted by molar-refractivity contribution is 7.90. The van der Waals surface area contributed by atoms with Crippen LogP contribution in [0.4, 0.5) is 0 Å². The molecule has 2 aromatic rings. The molecule has 2 aliphatic rings. The Labute approximate surface area is 164 Å². The van der Waals surface area contributed by atoms with E-state index in [9.17, 15) is 18.0 Å². The lowest BCUT2D eigenvalue weighted by Gasteiger charge is -2.18. The maximum absolute atomic E-state index is 12.8. The van der Waals surface area contributed by atoms with Crippen molar-refractivity contribution in [2.24, 2.45) is 0 Å². The molecule has 28 heavy (non-hydrogen) atoms. The van der Waals surface area contributed by atoms with Crippen LogP contribution in [-0.2, 0) is 10.0 Å². The summed E-state index contributed by atoms with van der Waals surface area (Å²) in [4.78, 5) is 25.2. The van der Waals surface area contributed by atoms with E-state index in [0.717, 1.165) is 15.4 Å². The van der Waals surface area contributed by atoms with Gasteiger partial charge in [-0.2, -0.15) is 0 Å². The SMILES string of the molecule is CCC(NC(=O)c1ccc2c(c1)S(=O)(=O)N(C1CC1)C2=O)c1ccc(C)cc1. The molecule has 4 rings (SSSR count). The lowest BCUT2D eigenvalue weighted by Crippen LogP contribution is -2.32. The van der Waals surface area contributed by atoms with E-state index in [1.807, 2.05) is 38.1 Å². The van der Waals surface area contributed by atoms with Gasteiger partial charge in [-0.3, -0.25) is 9.59 Å². The fraction of sp³-hybridized carbons (Fsp3) is 0.333. The minimum absolute atomic E-state index is 0.0690. The van der Waals surface area contributed by atoms with Crippen LogP contribution in [0.25, 0.3) is 0 Å². The predicted octanol–water partition coefficient (Wildman–Crippen LogP) is 3.18. The van der Waals surface area contributed by atoms with Crippen LogP contribution in [0.5, 0.6) is 0 Å². The number of sulfonamides is 1. The molecule has 0 spiro atoms. The zero-order valence-electron chi connectivity index (χ0n) is 15.8. The van der Waals surface area contributed by atoms with E-state index in [2.05, 4.69) is 5.32 Å². The van der Waals surface area contributed by atoms with Crippen molar-refractivity contribution in [3.63, 3.8) is 0 Å². The van der Waals surface area contributed by atoms with Gasteiger partial charge >= 0.3 is 0 Å². The first-order valence-corrected chi connectivity index (χ1v) is 10.9.